The highest BCUT2D eigenvalue weighted by molar-refractivity contribution is 6.31. The number of esters is 3. The first-order valence-corrected chi connectivity index (χ1v) is 9.05. The van der Waals surface area contributed by atoms with Crippen LogP contribution in [0.1, 0.15) is 20.7 Å². The molecule has 156 valence electrons. The van der Waals surface area contributed by atoms with Gasteiger partial charge in [0.25, 0.3) is 0 Å². The van der Waals surface area contributed by atoms with Crippen molar-refractivity contribution in [3.05, 3.63) is 52.5 Å². The number of carbonyl (C=O) groups is 4. The first-order valence-electron chi connectivity index (χ1n) is 8.67. The number of anilines is 2. The molecule has 0 saturated carbocycles. The fourth-order valence-electron chi connectivity index (χ4n) is 2.91. The van der Waals surface area contributed by atoms with E-state index in [1.807, 2.05) is 0 Å². The fourth-order valence-corrected chi connectivity index (χ4v) is 3.07. The zero-order valence-electron chi connectivity index (χ0n) is 16.1. The smallest absolute Gasteiger partial charge is 0.337 e. The first-order chi connectivity index (χ1) is 14.3. The predicted molar refractivity (Wildman–Crippen MR) is 107 cm³/mol. The Kier molecular flexibility index (Phi) is 6.22. The van der Waals surface area contributed by atoms with Crippen LogP contribution in [0.5, 0.6) is 5.75 Å². The number of hydrogen-bond acceptors (Lipinski definition) is 8. The van der Waals surface area contributed by atoms with Crippen LogP contribution in [0.25, 0.3) is 0 Å². The molecule has 0 atom stereocenters. The minimum Gasteiger partial charge on any atom is -0.465 e. The second-order valence-electron chi connectivity index (χ2n) is 6.27. The van der Waals surface area contributed by atoms with Crippen molar-refractivity contribution in [2.45, 2.75) is 0 Å². The van der Waals surface area contributed by atoms with Gasteiger partial charge in [-0.1, -0.05) is 11.6 Å². The summed E-state index contributed by atoms with van der Waals surface area (Å²) < 4.78 is 14.5. The third kappa shape index (κ3) is 4.69. The number of carbonyl (C=O) groups excluding carboxylic acids is 4. The second kappa shape index (κ2) is 8.83. The predicted octanol–water partition coefficient (Wildman–Crippen LogP) is 2.28. The summed E-state index contributed by atoms with van der Waals surface area (Å²) >= 11 is 6.01. The summed E-state index contributed by atoms with van der Waals surface area (Å²) in [7, 11) is 2.40. The maximum absolute atomic E-state index is 12.6. The van der Waals surface area contributed by atoms with E-state index in [4.69, 9.17) is 16.3 Å². The van der Waals surface area contributed by atoms with Crippen molar-refractivity contribution in [2.75, 3.05) is 37.5 Å². The van der Waals surface area contributed by atoms with Gasteiger partial charge in [0.2, 0.25) is 5.91 Å². The van der Waals surface area contributed by atoms with Crippen LogP contribution >= 0.6 is 11.6 Å². The topological polar surface area (TPSA) is 111 Å². The molecule has 1 amide bonds. The number of benzene rings is 2. The van der Waals surface area contributed by atoms with Crippen molar-refractivity contribution in [3.63, 3.8) is 0 Å². The highest BCUT2D eigenvalue weighted by Crippen LogP contribution is 2.34. The maximum atomic E-state index is 12.6. The van der Waals surface area contributed by atoms with Crippen LogP contribution in [0.3, 0.4) is 0 Å². The van der Waals surface area contributed by atoms with Crippen molar-refractivity contribution >= 4 is 46.8 Å². The lowest BCUT2D eigenvalue weighted by atomic mass is 10.1. The average Bonchev–Trinajstić information content (AvgIpc) is 2.72. The molecule has 0 spiro atoms. The second-order valence-corrected chi connectivity index (χ2v) is 6.71. The number of hydrogen-bond donors (Lipinski definition) is 1. The average molecular weight is 433 g/mol. The molecular formula is C20H17ClN2O7. The molecule has 9 nitrogen and oxygen atoms in total. The van der Waals surface area contributed by atoms with Crippen molar-refractivity contribution in [1.82, 2.24) is 0 Å². The monoisotopic (exact) mass is 432 g/mol. The van der Waals surface area contributed by atoms with E-state index < -0.39 is 23.8 Å². The van der Waals surface area contributed by atoms with Gasteiger partial charge in [-0.05, 0) is 36.4 Å². The van der Waals surface area contributed by atoms with E-state index in [2.05, 4.69) is 14.8 Å². The van der Waals surface area contributed by atoms with Gasteiger partial charge >= 0.3 is 17.9 Å². The Hall–Kier alpha value is -3.59. The van der Waals surface area contributed by atoms with E-state index >= 15 is 0 Å². The number of fused-ring (bicyclic) bond motifs is 1. The normalized spacial score (nSPS) is 12.5. The number of nitrogens with one attached hydrogen (secondary N) is 1. The third-order valence-corrected chi connectivity index (χ3v) is 4.43. The number of rotatable bonds is 5. The highest BCUT2D eigenvalue weighted by atomic mass is 35.5. The van der Waals surface area contributed by atoms with Crippen molar-refractivity contribution in [2.24, 2.45) is 0 Å². The van der Waals surface area contributed by atoms with E-state index in [0.29, 0.717) is 16.5 Å². The van der Waals surface area contributed by atoms with Crippen LogP contribution in [-0.2, 0) is 19.1 Å². The van der Waals surface area contributed by atoms with Gasteiger partial charge in [-0.25, -0.2) is 14.4 Å². The first kappa shape index (κ1) is 21.1. The van der Waals surface area contributed by atoms with Gasteiger partial charge in [0.05, 0.1) is 37.6 Å². The quantitative estimate of drug-likeness (QED) is 0.565. The summed E-state index contributed by atoms with van der Waals surface area (Å²) in [6.07, 6.45) is 0. The molecular weight excluding hydrogens is 416 g/mol. The van der Waals surface area contributed by atoms with Gasteiger partial charge in [-0.2, -0.15) is 0 Å². The number of ether oxygens (including phenoxy) is 3. The Bertz CT molecular complexity index is 1000. The molecule has 0 fully saturated rings. The molecule has 0 unspecified atom stereocenters. The van der Waals surface area contributed by atoms with Gasteiger partial charge < -0.3 is 24.4 Å². The third-order valence-electron chi connectivity index (χ3n) is 4.20. The summed E-state index contributed by atoms with van der Waals surface area (Å²) in [6.45, 7) is -0.338. The molecule has 1 aliphatic rings. The number of methoxy groups -OCH3 is 2. The molecule has 1 N–H and O–H groups in total. The van der Waals surface area contributed by atoms with Crippen molar-refractivity contribution < 1.29 is 33.4 Å². The van der Waals surface area contributed by atoms with Crippen LogP contribution in [-0.4, -0.2) is 51.1 Å². The zero-order chi connectivity index (χ0) is 21.8. The molecule has 1 aliphatic heterocycles. The van der Waals surface area contributed by atoms with Gasteiger partial charge in [0.1, 0.15) is 6.54 Å². The Morgan fingerprint density at radius 1 is 1.07 bits per heavy atom. The molecule has 30 heavy (non-hydrogen) atoms. The zero-order valence-corrected chi connectivity index (χ0v) is 16.8. The summed E-state index contributed by atoms with van der Waals surface area (Å²) in [6, 6.07) is 8.74. The summed E-state index contributed by atoms with van der Waals surface area (Å²) in [5, 5.41) is 3.03. The number of halogens is 1. The molecule has 0 aromatic heterocycles. The van der Waals surface area contributed by atoms with E-state index in [0.717, 1.165) is 0 Å². The van der Waals surface area contributed by atoms with Gasteiger partial charge in [0, 0.05) is 10.7 Å². The molecule has 0 aliphatic carbocycles. The molecule has 3 rings (SSSR count). The van der Waals surface area contributed by atoms with Crippen LogP contribution in [0.2, 0.25) is 5.02 Å². The molecule has 10 heteroatoms. The van der Waals surface area contributed by atoms with Crippen LogP contribution in [0.4, 0.5) is 11.4 Å². The number of amides is 1. The van der Waals surface area contributed by atoms with E-state index in [9.17, 15) is 19.2 Å². The Balaban J connectivity index is 1.83. The molecule has 2 aromatic carbocycles. The fraction of sp³-hybridized carbons (Fsp3) is 0.200. The summed E-state index contributed by atoms with van der Waals surface area (Å²) in [4.78, 5) is 49.7. The maximum Gasteiger partial charge on any atom is 0.337 e. The van der Waals surface area contributed by atoms with Crippen LogP contribution in [0.15, 0.2) is 36.4 Å². The summed E-state index contributed by atoms with van der Waals surface area (Å²) in [5.41, 5.74) is 0.814. The summed E-state index contributed by atoms with van der Waals surface area (Å²) in [5.74, 6) is -2.08. The SMILES string of the molecule is COC(=O)c1cc(NC(=O)CN2CC(=O)Oc3ccc(Cl)cc32)cc(C(=O)OC)c1. The van der Waals surface area contributed by atoms with E-state index in [1.54, 1.807) is 18.2 Å². The molecule has 2 aromatic rings. The van der Waals surface area contributed by atoms with Crippen LogP contribution in [0, 0.1) is 0 Å². The largest absolute Gasteiger partial charge is 0.465 e. The lowest BCUT2D eigenvalue weighted by Crippen LogP contribution is -2.41. The molecule has 0 saturated heterocycles. The Labute approximate surface area is 176 Å². The van der Waals surface area contributed by atoms with E-state index in [1.165, 1.54) is 37.3 Å². The Morgan fingerprint density at radius 2 is 1.70 bits per heavy atom. The van der Waals surface area contributed by atoms with E-state index in [-0.39, 0.29) is 29.9 Å². The molecule has 1 heterocycles. The van der Waals surface area contributed by atoms with Crippen molar-refractivity contribution in [3.8, 4) is 5.75 Å². The lowest BCUT2D eigenvalue weighted by molar-refractivity contribution is -0.133. The minimum atomic E-state index is -0.682. The number of nitrogens with zero attached hydrogens (tertiary/aromatic N) is 1. The Morgan fingerprint density at radius 3 is 2.30 bits per heavy atom. The minimum absolute atomic E-state index is 0.0642. The highest BCUT2D eigenvalue weighted by Gasteiger charge is 2.26. The molecule has 0 radical (unpaired) electrons. The standard InChI is InChI=1S/C20H17ClN2O7/c1-28-19(26)11-5-12(20(27)29-2)7-14(6-11)22-17(24)9-23-10-18(25)30-16-4-3-13(21)8-15(16)23/h3-8H,9-10H2,1-2H3,(H,22,24). The van der Waals surface area contributed by atoms with Crippen LogP contribution < -0.4 is 15.0 Å². The lowest BCUT2D eigenvalue weighted by Gasteiger charge is -2.29. The van der Waals surface area contributed by atoms with Gasteiger partial charge in [-0.3, -0.25) is 4.79 Å². The van der Waals surface area contributed by atoms with Crippen molar-refractivity contribution in [1.29, 1.82) is 0 Å². The van der Waals surface area contributed by atoms with Gasteiger partial charge in [-0.15, -0.1) is 0 Å². The molecule has 0 bridgehead atoms. The van der Waals surface area contributed by atoms with Gasteiger partial charge in [0.15, 0.2) is 5.75 Å².